The van der Waals surface area contributed by atoms with Crippen LogP contribution in [0.25, 0.3) is 0 Å². The van der Waals surface area contributed by atoms with Crippen LogP contribution in [-0.2, 0) is 0 Å². The van der Waals surface area contributed by atoms with E-state index in [1.165, 1.54) is 25.0 Å². The van der Waals surface area contributed by atoms with Gasteiger partial charge in [0.15, 0.2) is 0 Å². The van der Waals surface area contributed by atoms with E-state index in [1.54, 1.807) is 6.07 Å². The monoisotopic (exact) mass is 263 g/mol. The molecule has 3 N–H and O–H groups in total. The number of nitrogens with two attached hydrogens (primary N) is 1. The molecule has 0 bridgehead atoms. The summed E-state index contributed by atoms with van der Waals surface area (Å²) in [4.78, 5) is 13.6. The van der Waals surface area contributed by atoms with Crippen molar-refractivity contribution in [2.45, 2.75) is 31.3 Å². The lowest BCUT2D eigenvalue weighted by Crippen LogP contribution is -2.27. The molecule has 4 nitrogen and oxygen atoms in total. The van der Waals surface area contributed by atoms with Gasteiger partial charge in [-0.15, -0.1) is 0 Å². The van der Waals surface area contributed by atoms with E-state index in [1.807, 2.05) is 0 Å². The van der Waals surface area contributed by atoms with Crippen LogP contribution in [0.5, 0.6) is 0 Å². The van der Waals surface area contributed by atoms with E-state index >= 15 is 0 Å². The summed E-state index contributed by atoms with van der Waals surface area (Å²) < 4.78 is 13.4. The van der Waals surface area contributed by atoms with E-state index in [4.69, 9.17) is 5.73 Å². The zero-order chi connectivity index (χ0) is 13.4. The fourth-order valence-corrected chi connectivity index (χ4v) is 2.72. The molecule has 1 saturated carbocycles. The van der Waals surface area contributed by atoms with Gasteiger partial charge >= 0.3 is 0 Å². The van der Waals surface area contributed by atoms with Crippen molar-refractivity contribution < 1.29 is 9.18 Å². The van der Waals surface area contributed by atoms with Crippen molar-refractivity contribution in [3.63, 3.8) is 0 Å². The molecule has 5 heteroatoms. The van der Waals surface area contributed by atoms with Crippen molar-refractivity contribution in [3.8, 4) is 0 Å². The van der Waals surface area contributed by atoms with Crippen molar-refractivity contribution in [1.82, 2.24) is 4.90 Å². The van der Waals surface area contributed by atoms with Crippen LogP contribution in [-0.4, -0.2) is 36.0 Å². The van der Waals surface area contributed by atoms with Crippen LogP contribution >= 0.6 is 0 Å². The zero-order valence-electron chi connectivity index (χ0n) is 10.7. The van der Waals surface area contributed by atoms with Crippen molar-refractivity contribution in [2.75, 3.05) is 18.4 Å². The Kier molecular flexibility index (Phi) is 3.14. The molecule has 0 spiro atoms. The van der Waals surface area contributed by atoms with Crippen LogP contribution in [0, 0.1) is 5.82 Å². The number of primary amides is 1. The summed E-state index contributed by atoms with van der Waals surface area (Å²) >= 11 is 0. The number of rotatable bonds is 4. The van der Waals surface area contributed by atoms with Gasteiger partial charge in [0.05, 0.1) is 5.56 Å². The van der Waals surface area contributed by atoms with Crippen LogP contribution < -0.4 is 11.1 Å². The highest BCUT2D eigenvalue weighted by molar-refractivity contribution is 5.94. The molecular formula is C14H18FN3O. The van der Waals surface area contributed by atoms with Gasteiger partial charge < -0.3 is 11.1 Å². The molecule has 1 amide bonds. The number of anilines is 1. The van der Waals surface area contributed by atoms with Crippen molar-refractivity contribution in [2.24, 2.45) is 5.73 Å². The maximum Gasteiger partial charge on any atom is 0.251 e. The zero-order valence-corrected chi connectivity index (χ0v) is 10.7. The van der Waals surface area contributed by atoms with Crippen LogP contribution in [0.2, 0.25) is 0 Å². The van der Waals surface area contributed by atoms with Gasteiger partial charge in [-0.3, -0.25) is 9.69 Å². The highest BCUT2D eigenvalue weighted by Crippen LogP contribution is 2.30. The second-order valence-electron chi connectivity index (χ2n) is 5.41. The number of amides is 1. The molecule has 3 rings (SSSR count). The van der Waals surface area contributed by atoms with E-state index in [0.717, 1.165) is 31.2 Å². The van der Waals surface area contributed by atoms with Crippen LogP contribution in [0.1, 0.15) is 29.6 Å². The first-order chi connectivity index (χ1) is 9.13. The molecule has 1 aromatic rings. The smallest absolute Gasteiger partial charge is 0.251 e. The van der Waals surface area contributed by atoms with E-state index in [-0.39, 0.29) is 5.56 Å². The summed E-state index contributed by atoms with van der Waals surface area (Å²) in [6.07, 6.45) is 3.71. The topological polar surface area (TPSA) is 58.4 Å². The number of nitrogens with zero attached hydrogens (tertiary/aromatic N) is 1. The van der Waals surface area contributed by atoms with Crippen molar-refractivity contribution in [1.29, 1.82) is 0 Å². The molecule has 2 fully saturated rings. The minimum absolute atomic E-state index is 0.0537. The number of hydrogen-bond acceptors (Lipinski definition) is 3. The highest BCUT2D eigenvalue weighted by atomic mass is 19.1. The van der Waals surface area contributed by atoms with Crippen molar-refractivity contribution in [3.05, 3.63) is 29.6 Å². The number of benzene rings is 1. The maximum atomic E-state index is 13.4. The molecule has 1 saturated heterocycles. The first-order valence-corrected chi connectivity index (χ1v) is 6.73. The standard InChI is InChI=1S/C14H18FN3O/c15-13-4-1-9(7-12(13)14(16)19)17-10-5-6-18(8-10)11-2-3-11/h1,4,7,10-11,17H,2-3,5-6,8H2,(H2,16,19). The fourth-order valence-electron chi connectivity index (χ4n) is 2.72. The number of carbonyl (C=O) groups excluding carboxylic acids is 1. The Hall–Kier alpha value is -1.62. The van der Waals surface area contributed by atoms with Gasteiger partial charge in [-0.1, -0.05) is 0 Å². The van der Waals surface area contributed by atoms with Gasteiger partial charge in [-0.05, 0) is 37.5 Å². The highest BCUT2D eigenvalue weighted by Gasteiger charge is 2.34. The molecule has 2 aliphatic rings. The average molecular weight is 263 g/mol. The average Bonchev–Trinajstić information content (AvgIpc) is 3.12. The lowest BCUT2D eigenvalue weighted by Gasteiger charge is -2.17. The van der Waals surface area contributed by atoms with E-state index in [0.29, 0.717) is 6.04 Å². The predicted molar refractivity (Wildman–Crippen MR) is 71.5 cm³/mol. The normalized spacial score (nSPS) is 23.5. The minimum atomic E-state index is -0.729. The maximum absolute atomic E-state index is 13.4. The van der Waals surface area contributed by atoms with Gasteiger partial charge in [-0.25, -0.2) is 4.39 Å². The number of hydrogen-bond donors (Lipinski definition) is 2. The van der Waals surface area contributed by atoms with Crippen LogP contribution in [0.15, 0.2) is 18.2 Å². The van der Waals surface area contributed by atoms with Gasteiger partial charge in [0.1, 0.15) is 5.82 Å². The van der Waals surface area contributed by atoms with E-state index in [9.17, 15) is 9.18 Å². The fraction of sp³-hybridized carbons (Fsp3) is 0.500. The van der Waals surface area contributed by atoms with Gasteiger partial charge in [-0.2, -0.15) is 0 Å². The quantitative estimate of drug-likeness (QED) is 0.867. The Bertz CT molecular complexity index is 501. The summed E-state index contributed by atoms with van der Waals surface area (Å²) in [7, 11) is 0. The summed E-state index contributed by atoms with van der Waals surface area (Å²) in [5.41, 5.74) is 5.85. The molecule has 1 aliphatic carbocycles. The molecule has 1 aromatic carbocycles. The second-order valence-corrected chi connectivity index (χ2v) is 5.41. The molecule has 1 unspecified atom stereocenters. The first kappa shape index (κ1) is 12.4. The number of halogens is 1. The lowest BCUT2D eigenvalue weighted by molar-refractivity contribution is 0.0996. The SMILES string of the molecule is NC(=O)c1cc(NC2CCN(C3CC3)C2)ccc1F. The predicted octanol–water partition coefficient (Wildman–Crippen LogP) is 1.57. The van der Waals surface area contributed by atoms with Crippen molar-refractivity contribution >= 4 is 11.6 Å². The van der Waals surface area contributed by atoms with E-state index < -0.39 is 11.7 Å². The van der Waals surface area contributed by atoms with Gasteiger partial charge in [0.25, 0.3) is 5.91 Å². The Morgan fingerprint density at radius 3 is 2.84 bits per heavy atom. The Morgan fingerprint density at radius 1 is 1.37 bits per heavy atom. The molecule has 1 aliphatic heterocycles. The number of carbonyl (C=O) groups is 1. The van der Waals surface area contributed by atoms with E-state index in [2.05, 4.69) is 10.2 Å². The molecular weight excluding hydrogens is 245 g/mol. The Balaban J connectivity index is 1.66. The molecule has 19 heavy (non-hydrogen) atoms. The Labute approximate surface area is 111 Å². The second kappa shape index (κ2) is 4.81. The van der Waals surface area contributed by atoms with Gasteiger partial charge in [0, 0.05) is 30.9 Å². The van der Waals surface area contributed by atoms with Crippen LogP contribution in [0.4, 0.5) is 10.1 Å². The third-order valence-electron chi connectivity index (χ3n) is 3.89. The summed E-state index contributed by atoms with van der Waals surface area (Å²) in [5.74, 6) is -1.30. The van der Waals surface area contributed by atoms with Crippen LogP contribution in [0.3, 0.4) is 0 Å². The molecule has 1 atom stereocenters. The van der Waals surface area contributed by atoms with Gasteiger partial charge in [0.2, 0.25) is 0 Å². The number of nitrogens with one attached hydrogen (secondary N) is 1. The molecule has 0 radical (unpaired) electrons. The third kappa shape index (κ3) is 2.71. The number of likely N-dealkylation sites (tertiary alicyclic amines) is 1. The molecule has 102 valence electrons. The lowest BCUT2D eigenvalue weighted by atomic mass is 10.1. The minimum Gasteiger partial charge on any atom is -0.381 e. The third-order valence-corrected chi connectivity index (χ3v) is 3.89. The summed E-state index contributed by atoms with van der Waals surface area (Å²) in [6, 6.07) is 5.59. The summed E-state index contributed by atoms with van der Waals surface area (Å²) in [5, 5.41) is 3.36. The molecule has 0 aromatic heterocycles. The largest absolute Gasteiger partial charge is 0.381 e. The summed E-state index contributed by atoms with van der Waals surface area (Å²) in [6.45, 7) is 2.14. The Morgan fingerprint density at radius 2 is 2.16 bits per heavy atom. The molecule has 1 heterocycles. The first-order valence-electron chi connectivity index (χ1n) is 6.73.